The molecule has 88 valence electrons. The van der Waals surface area contributed by atoms with Crippen LogP contribution in [0.3, 0.4) is 0 Å². The fourth-order valence-corrected chi connectivity index (χ4v) is 3.96. The largest absolute Gasteiger partial charge is 0.392 e. The molecule has 1 fully saturated rings. The van der Waals surface area contributed by atoms with Gasteiger partial charge in [-0.3, -0.25) is 9.36 Å². The number of carbonyl (C=O) groups is 1. The van der Waals surface area contributed by atoms with Crippen molar-refractivity contribution in [3.05, 3.63) is 0 Å². The highest BCUT2D eigenvalue weighted by Crippen LogP contribution is 2.56. The molecule has 4 nitrogen and oxygen atoms in total. The van der Waals surface area contributed by atoms with E-state index in [-0.39, 0.29) is 5.92 Å². The number of hydrogen-bond acceptors (Lipinski definition) is 2. The van der Waals surface area contributed by atoms with Crippen LogP contribution in [-0.2, 0) is 9.36 Å². The average molecular weight is 234 g/mol. The Morgan fingerprint density at radius 3 is 2.47 bits per heavy atom. The molecular formula is C10H19O4P. The van der Waals surface area contributed by atoms with Gasteiger partial charge in [0.05, 0.1) is 0 Å². The summed E-state index contributed by atoms with van der Waals surface area (Å²) in [4.78, 5) is 29.9. The Labute approximate surface area is 90.2 Å². The lowest BCUT2D eigenvalue weighted by atomic mass is 9.75. The van der Waals surface area contributed by atoms with E-state index in [0.717, 1.165) is 19.3 Å². The molecule has 1 rings (SSSR count). The summed E-state index contributed by atoms with van der Waals surface area (Å²) in [6.07, 6.45) is 3.80. The molecule has 0 aliphatic heterocycles. The third-order valence-corrected chi connectivity index (χ3v) is 4.75. The Morgan fingerprint density at radius 2 is 2.07 bits per heavy atom. The van der Waals surface area contributed by atoms with Crippen molar-refractivity contribution in [2.45, 2.75) is 46.0 Å². The lowest BCUT2D eigenvalue weighted by molar-refractivity contribution is -0.124. The number of carbonyl (C=O) groups excluding carboxylic acids is 1. The van der Waals surface area contributed by atoms with Crippen molar-refractivity contribution in [2.75, 3.05) is 0 Å². The summed E-state index contributed by atoms with van der Waals surface area (Å²) in [5.74, 6) is 0.141. The highest BCUT2D eigenvalue weighted by atomic mass is 31.2. The molecule has 2 unspecified atom stereocenters. The molecule has 0 saturated heterocycles. The van der Waals surface area contributed by atoms with Crippen LogP contribution >= 0.6 is 7.60 Å². The smallest absolute Gasteiger partial charge is 0.319 e. The third kappa shape index (κ3) is 2.17. The first-order chi connectivity index (χ1) is 6.88. The predicted molar refractivity (Wildman–Crippen MR) is 57.4 cm³/mol. The standard InChI is InChI=1S/C10H19O4P/c1-3-8-6-5-7-10(8,4-2)9(11)15(12,13)14/h8H,3-7H2,1-2H3,(H2,12,13,14). The molecule has 0 aromatic carbocycles. The van der Waals surface area contributed by atoms with Gasteiger partial charge in [-0.1, -0.05) is 26.7 Å². The van der Waals surface area contributed by atoms with Crippen molar-refractivity contribution in [1.82, 2.24) is 0 Å². The number of hydrogen-bond donors (Lipinski definition) is 2. The van der Waals surface area contributed by atoms with E-state index in [1.54, 1.807) is 0 Å². The van der Waals surface area contributed by atoms with E-state index in [4.69, 9.17) is 9.79 Å². The topological polar surface area (TPSA) is 74.6 Å². The van der Waals surface area contributed by atoms with Crippen LogP contribution in [0.15, 0.2) is 0 Å². The minimum Gasteiger partial charge on any atom is -0.319 e. The van der Waals surface area contributed by atoms with Gasteiger partial charge in [-0.2, -0.15) is 0 Å². The zero-order valence-corrected chi connectivity index (χ0v) is 10.2. The van der Waals surface area contributed by atoms with Crippen LogP contribution < -0.4 is 0 Å². The maximum Gasteiger partial charge on any atom is 0.392 e. The predicted octanol–water partition coefficient (Wildman–Crippen LogP) is 2.30. The van der Waals surface area contributed by atoms with E-state index in [0.29, 0.717) is 12.8 Å². The molecule has 0 bridgehead atoms. The second kappa shape index (κ2) is 4.36. The zero-order chi connectivity index (χ0) is 11.7. The van der Waals surface area contributed by atoms with Gasteiger partial charge in [0.25, 0.3) is 0 Å². The molecule has 1 aliphatic carbocycles. The van der Waals surface area contributed by atoms with E-state index in [1.165, 1.54) is 0 Å². The fourth-order valence-electron chi connectivity index (χ4n) is 2.93. The Kier molecular flexibility index (Phi) is 3.75. The van der Waals surface area contributed by atoms with Crippen LogP contribution in [0, 0.1) is 11.3 Å². The van der Waals surface area contributed by atoms with Gasteiger partial charge in [-0.25, -0.2) is 0 Å². The van der Waals surface area contributed by atoms with Gasteiger partial charge in [-0.15, -0.1) is 0 Å². The van der Waals surface area contributed by atoms with Gasteiger partial charge in [-0.05, 0) is 25.2 Å². The maximum absolute atomic E-state index is 11.8. The summed E-state index contributed by atoms with van der Waals surface area (Å²) < 4.78 is 11.1. The Hall–Kier alpha value is -0.180. The van der Waals surface area contributed by atoms with Gasteiger partial charge >= 0.3 is 7.60 Å². The van der Waals surface area contributed by atoms with Crippen LogP contribution in [0.1, 0.15) is 46.0 Å². The molecule has 0 heterocycles. The lowest BCUT2D eigenvalue weighted by Gasteiger charge is -2.32. The molecule has 0 amide bonds. The van der Waals surface area contributed by atoms with Crippen LogP contribution in [0.4, 0.5) is 0 Å². The van der Waals surface area contributed by atoms with E-state index in [9.17, 15) is 9.36 Å². The van der Waals surface area contributed by atoms with Crippen molar-refractivity contribution in [1.29, 1.82) is 0 Å². The maximum atomic E-state index is 11.8. The van der Waals surface area contributed by atoms with E-state index in [1.807, 2.05) is 13.8 Å². The van der Waals surface area contributed by atoms with Crippen molar-refractivity contribution in [3.63, 3.8) is 0 Å². The summed E-state index contributed by atoms with van der Waals surface area (Å²) in [7, 11) is -4.58. The molecule has 0 spiro atoms. The van der Waals surface area contributed by atoms with Gasteiger partial charge in [0.2, 0.25) is 5.52 Å². The molecule has 0 aromatic rings. The van der Waals surface area contributed by atoms with Crippen LogP contribution in [0.5, 0.6) is 0 Å². The molecule has 1 saturated carbocycles. The van der Waals surface area contributed by atoms with Crippen molar-refractivity contribution < 1.29 is 19.1 Å². The highest BCUT2D eigenvalue weighted by Gasteiger charge is 2.52. The molecule has 0 aromatic heterocycles. The highest BCUT2D eigenvalue weighted by molar-refractivity contribution is 7.70. The van der Waals surface area contributed by atoms with Crippen molar-refractivity contribution in [3.8, 4) is 0 Å². The Balaban J connectivity index is 3.04. The normalized spacial score (nSPS) is 31.9. The van der Waals surface area contributed by atoms with Crippen LogP contribution in [-0.4, -0.2) is 15.3 Å². The molecule has 0 radical (unpaired) electrons. The van der Waals surface area contributed by atoms with E-state index in [2.05, 4.69) is 0 Å². The summed E-state index contributed by atoms with van der Waals surface area (Å²) in [6, 6.07) is 0. The second-order valence-corrected chi connectivity index (χ2v) is 5.85. The van der Waals surface area contributed by atoms with Crippen LogP contribution in [0.2, 0.25) is 0 Å². The SMILES string of the molecule is CCC1CCCC1(CC)C(=O)P(=O)(O)O. The first-order valence-corrected chi connectivity index (χ1v) is 7.10. The summed E-state index contributed by atoms with van der Waals surface area (Å²) in [6.45, 7) is 3.83. The van der Waals surface area contributed by atoms with Gasteiger partial charge < -0.3 is 9.79 Å². The van der Waals surface area contributed by atoms with Crippen LogP contribution in [0.25, 0.3) is 0 Å². The summed E-state index contributed by atoms with van der Waals surface area (Å²) >= 11 is 0. The average Bonchev–Trinajstić information content (AvgIpc) is 2.58. The van der Waals surface area contributed by atoms with Gasteiger partial charge in [0, 0.05) is 5.41 Å². The minimum atomic E-state index is -4.58. The third-order valence-electron chi connectivity index (χ3n) is 3.77. The molecule has 1 aliphatic rings. The minimum absolute atomic E-state index is 0.141. The van der Waals surface area contributed by atoms with Crippen molar-refractivity contribution >= 4 is 13.1 Å². The fraction of sp³-hybridized carbons (Fsp3) is 0.900. The zero-order valence-electron chi connectivity index (χ0n) is 9.27. The lowest BCUT2D eigenvalue weighted by Crippen LogP contribution is -2.33. The van der Waals surface area contributed by atoms with Crippen molar-refractivity contribution in [2.24, 2.45) is 11.3 Å². The first-order valence-electron chi connectivity index (χ1n) is 5.49. The summed E-state index contributed by atoms with van der Waals surface area (Å²) in [5.41, 5.74) is -1.59. The van der Waals surface area contributed by atoms with E-state index >= 15 is 0 Å². The first kappa shape index (κ1) is 12.9. The quantitative estimate of drug-likeness (QED) is 0.732. The molecular weight excluding hydrogens is 215 g/mol. The molecule has 5 heteroatoms. The summed E-state index contributed by atoms with van der Waals surface area (Å²) in [5, 5.41) is 0. The molecule has 2 atom stereocenters. The molecule has 15 heavy (non-hydrogen) atoms. The molecule has 2 N–H and O–H groups in total. The second-order valence-electron chi connectivity index (χ2n) is 4.36. The number of rotatable bonds is 4. The monoisotopic (exact) mass is 234 g/mol. The Morgan fingerprint density at radius 1 is 1.47 bits per heavy atom. The van der Waals surface area contributed by atoms with Gasteiger partial charge in [0.1, 0.15) is 0 Å². The van der Waals surface area contributed by atoms with E-state index < -0.39 is 18.5 Å². The van der Waals surface area contributed by atoms with Gasteiger partial charge in [0.15, 0.2) is 0 Å². The Bertz CT molecular complexity index is 296.